The van der Waals surface area contributed by atoms with Gasteiger partial charge in [0, 0.05) is 17.0 Å². The number of benzene rings is 1. The fourth-order valence-corrected chi connectivity index (χ4v) is 4.09. The van der Waals surface area contributed by atoms with Gasteiger partial charge in [-0.3, -0.25) is 0 Å². The molecule has 3 aliphatic rings. The van der Waals surface area contributed by atoms with Gasteiger partial charge in [0.1, 0.15) is 12.1 Å². The Bertz CT molecular complexity index is 1150. The molecule has 1 aromatic heterocycles. The Labute approximate surface area is 181 Å². The number of nitrogens with zero attached hydrogens (tertiary/aromatic N) is 3. The van der Waals surface area contributed by atoms with Crippen molar-refractivity contribution in [2.24, 2.45) is 5.92 Å². The normalized spacial score (nSPS) is 15.4. The molecule has 2 aromatic rings. The van der Waals surface area contributed by atoms with E-state index in [4.69, 9.17) is 13.9 Å². The van der Waals surface area contributed by atoms with Gasteiger partial charge in [0.2, 0.25) is 0 Å². The van der Waals surface area contributed by atoms with Gasteiger partial charge in [-0.2, -0.15) is 0 Å². The van der Waals surface area contributed by atoms with E-state index < -0.39 is 0 Å². The fourth-order valence-electron chi connectivity index (χ4n) is 4.09. The minimum absolute atomic E-state index is 0.564. The second-order valence-electron chi connectivity index (χ2n) is 8.07. The van der Waals surface area contributed by atoms with E-state index in [-0.39, 0.29) is 0 Å². The largest absolute Gasteiger partial charge is 0.493 e. The molecule has 0 amide bonds. The number of rotatable bonds is 6. The van der Waals surface area contributed by atoms with Gasteiger partial charge < -0.3 is 24.1 Å². The van der Waals surface area contributed by atoms with Crippen LogP contribution in [0.3, 0.4) is 0 Å². The van der Waals surface area contributed by atoms with Crippen molar-refractivity contribution in [2.45, 2.75) is 12.8 Å². The fraction of sp³-hybridized carbons (Fsp3) is 0.333. The van der Waals surface area contributed by atoms with Crippen LogP contribution in [-0.2, 0) is 0 Å². The lowest BCUT2D eigenvalue weighted by Crippen LogP contribution is -2.32. The molecule has 160 valence electrons. The number of hydrogen-bond donors (Lipinski definition) is 1. The van der Waals surface area contributed by atoms with Gasteiger partial charge in [-0.1, -0.05) is 0 Å². The summed E-state index contributed by atoms with van der Waals surface area (Å²) in [6.07, 6.45) is 5.53. The standard InChI is InChI=1S/C24H26N4O3/c1-28-9-7-16(8-10-28)14-31-22-13-20-18(12-21(22)29-2)24(26-15-25-20)27-19-6-5-17-4-3-11-30-23(17)19/h3-6,11-13,15-16H,7-10,14H2,1-2H3,(H,25,26,27). The molecule has 0 radical (unpaired) electrons. The van der Waals surface area contributed by atoms with Crippen molar-refractivity contribution < 1.29 is 13.9 Å². The van der Waals surface area contributed by atoms with E-state index >= 15 is 0 Å². The zero-order valence-corrected chi connectivity index (χ0v) is 17.8. The first-order valence-corrected chi connectivity index (χ1v) is 10.6. The molecule has 1 fully saturated rings. The lowest BCUT2D eigenvalue weighted by Gasteiger charge is -2.28. The first-order chi connectivity index (χ1) is 15.2. The molecule has 3 heterocycles. The Hall–Kier alpha value is -3.32. The zero-order chi connectivity index (χ0) is 21.2. The summed E-state index contributed by atoms with van der Waals surface area (Å²) < 4.78 is 17.5. The molecule has 1 aliphatic carbocycles. The van der Waals surface area contributed by atoms with E-state index in [0.29, 0.717) is 29.8 Å². The number of likely N-dealkylation sites (tertiary alicyclic amines) is 1. The Kier molecular flexibility index (Phi) is 5.34. The predicted molar refractivity (Wildman–Crippen MR) is 120 cm³/mol. The Morgan fingerprint density at radius 3 is 2.84 bits per heavy atom. The summed E-state index contributed by atoms with van der Waals surface area (Å²) in [4.78, 5) is 11.3. The second kappa shape index (κ2) is 8.43. The average molecular weight is 418 g/mol. The molecule has 1 aromatic carbocycles. The molecule has 1 N–H and O–H groups in total. The highest BCUT2D eigenvalue weighted by Gasteiger charge is 2.19. The summed E-state index contributed by atoms with van der Waals surface area (Å²) in [5.74, 6) is 3.44. The minimum atomic E-state index is 0.564. The van der Waals surface area contributed by atoms with Crippen molar-refractivity contribution in [3.8, 4) is 22.8 Å². The summed E-state index contributed by atoms with van der Waals surface area (Å²) in [5, 5.41) is 4.24. The topological polar surface area (TPSA) is 72.6 Å². The molecule has 0 saturated carbocycles. The maximum absolute atomic E-state index is 6.17. The summed E-state index contributed by atoms with van der Waals surface area (Å²) in [7, 11) is 3.82. The third kappa shape index (κ3) is 4.01. The van der Waals surface area contributed by atoms with Crippen LogP contribution in [0.4, 0.5) is 11.5 Å². The van der Waals surface area contributed by atoms with E-state index in [1.807, 2.05) is 36.4 Å². The SMILES string of the molecule is COc1cc2c(Nc3ccc4cccoc3-4)ncnc2cc1OCC1CCN(C)CC1. The third-order valence-electron chi connectivity index (χ3n) is 5.96. The molecule has 7 heteroatoms. The quantitative estimate of drug-likeness (QED) is 0.482. The molecule has 0 unspecified atom stereocenters. The molecule has 0 atom stereocenters. The lowest BCUT2D eigenvalue weighted by atomic mass is 9.98. The highest BCUT2D eigenvalue weighted by atomic mass is 16.5. The van der Waals surface area contributed by atoms with Crippen LogP contribution < -0.4 is 14.8 Å². The Morgan fingerprint density at radius 1 is 1.13 bits per heavy atom. The second-order valence-corrected chi connectivity index (χ2v) is 8.07. The zero-order valence-electron chi connectivity index (χ0n) is 17.8. The van der Waals surface area contributed by atoms with E-state index in [9.17, 15) is 0 Å². The summed E-state index contributed by atoms with van der Waals surface area (Å²) in [6.45, 7) is 2.93. The first-order valence-electron chi connectivity index (χ1n) is 10.6. The number of anilines is 2. The number of fused-ring (bicyclic) bond motifs is 2. The molecule has 1 saturated heterocycles. The smallest absolute Gasteiger partial charge is 0.163 e. The predicted octanol–water partition coefficient (Wildman–Crippen LogP) is 4.80. The van der Waals surface area contributed by atoms with Crippen molar-refractivity contribution in [3.63, 3.8) is 0 Å². The van der Waals surface area contributed by atoms with Crippen molar-refractivity contribution in [1.29, 1.82) is 0 Å². The molecule has 2 aliphatic heterocycles. The summed E-state index contributed by atoms with van der Waals surface area (Å²) in [5.41, 5.74) is 2.69. The molecule has 31 heavy (non-hydrogen) atoms. The number of ether oxygens (including phenoxy) is 2. The van der Waals surface area contributed by atoms with Crippen LogP contribution in [0.5, 0.6) is 11.5 Å². The number of nitrogens with one attached hydrogen (secondary N) is 1. The van der Waals surface area contributed by atoms with Gasteiger partial charge in [0.25, 0.3) is 0 Å². The van der Waals surface area contributed by atoms with Crippen LogP contribution in [0.1, 0.15) is 12.8 Å². The van der Waals surface area contributed by atoms with Crippen LogP contribution in [0, 0.1) is 5.92 Å². The maximum atomic E-state index is 6.17. The van der Waals surface area contributed by atoms with Gasteiger partial charge in [-0.15, -0.1) is 0 Å². The van der Waals surface area contributed by atoms with E-state index in [0.717, 1.165) is 53.8 Å². The molecule has 5 rings (SSSR count). The summed E-state index contributed by atoms with van der Waals surface area (Å²) in [6, 6.07) is 11.8. The van der Waals surface area contributed by atoms with Gasteiger partial charge in [0.15, 0.2) is 17.3 Å². The van der Waals surface area contributed by atoms with Gasteiger partial charge in [-0.05, 0) is 69.2 Å². The number of piperidine rings is 1. The van der Waals surface area contributed by atoms with Crippen LogP contribution in [0.15, 0.2) is 53.4 Å². The molecular weight excluding hydrogens is 392 g/mol. The minimum Gasteiger partial charge on any atom is -0.493 e. The highest BCUT2D eigenvalue weighted by Crippen LogP contribution is 2.38. The van der Waals surface area contributed by atoms with E-state index in [1.54, 1.807) is 19.7 Å². The Morgan fingerprint density at radius 2 is 2.00 bits per heavy atom. The number of hydrogen-bond acceptors (Lipinski definition) is 7. The molecular formula is C24H26N4O3. The van der Waals surface area contributed by atoms with Crippen LogP contribution in [-0.4, -0.2) is 48.7 Å². The van der Waals surface area contributed by atoms with Gasteiger partial charge >= 0.3 is 0 Å². The number of methoxy groups -OCH3 is 1. The van der Waals surface area contributed by atoms with E-state index in [2.05, 4.69) is 27.2 Å². The summed E-state index contributed by atoms with van der Waals surface area (Å²) >= 11 is 0. The lowest BCUT2D eigenvalue weighted by molar-refractivity contribution is 0.157. The van der Waals surface area contributed by atoms with Crippen molar-refractivity contribution >= 4 is 22.4 Å². The van der Waals surface area contributed by atoms with Crippen molar-refractivity contribution in [1.82, 2.24) is 14.9 Å². The molecule has 7 nitrogen and oxygen atoms in total. The molecule has 0 bridgehead atoms. The molecule has 0 spiro atoms. The Balaban J connectivity index is 1.41. The highest BCUT2D eigenvalue weighted by molar-refractivity contribution is 5.94. The monoisotopic (exact) mass is 418 g/mol. The van der Waals surface area contributed by atoms with Crippen LogP contribution in [0.2, 0.25) is 0 Å². The average Bonchev–Trinajstić information content (AvgIpc) is 3.21. The van der Waals surface area contributed by atoms with E-state index in [1.165, 1.54) is 0 Å². The van der Waals surface area contributed by atoms with Crippen LogP contribution in [0.25, 0.3) is 22.2 Å². The van der Waals surface area contributed by atoms with Crippen molar-refractivity contribution in [3.05, 3.63) is 49.0 Å². The van der Waals surface area contributed by atoms with Gasteiger partial charge in [0.05, 0.1) is 31.2 Å². The third-order valence-corrected chi connectivity index (χ3v) is 5.96. The maximum Gasteiger partial charge on any atom is 0.163 e. The van der Waals surface area contributed by atoms with Crippen molar-refractivity contribution in [2.75, 3.05) is 39.2 Å². The number of aromatic nitrogens is 2. The van der Waals surface area contributed by atoms with Gasteiger partial charge in [-0.25, -0.2) is 9.97 Å². The van der Waals surface area contributed by atoms with Crippen LogP contribution >= 0.6 is 0 Å². The first kappa shape index (κ1) is 19.6.